The van der Waals surface area contributed by atoms with Gasteiger partial charge in [0.2, 0.25) is 11.8 Å². The third-order valence-electron chi connectivity index (χ3n) is 10.0. The lowest BCUT2D eigenvalue weighted by atomic mass is 9.77. The van der Waals surface area contributed by atoms with E-state index in [1.165, 1.54) is 4.90 Å². The molecule has 0 aromatic heterocycles. The van der Waals surface area contributed by atoms with Crippen LogP contribution in [0.5, 0.6) is 0 Å². The second-order valence-electron chi connectivity index (χ2n) is 12.8. The topological polar surface area (TPSA) is 129 Å². The van der Waals surface area contributed by atoms with Gasteiger partial charge in [0.15, 0.2) is 0 Å². The molecule has 4 heterocycles. The van der Waals surface area contributed by atoms with Crippen LogP contribution in [0, 0.1) is 11.8 Å². The summed E-state index contributed by atoms with van der Waals surface area (Å²) in [6, 6.07) is 14.5. The van der Waals surface area contributed by atoms with E-state index in [1.54, 1.807) is 30.1 Å². The van der Waals surface area contributed by atoms with E-state index >= 15 is 0 Å². The molecule has 3 amide bonds. The molecule has 48 heavy (non-hydrogen) atoms. The Kier molecular flexibility index (Phi) is 9.70. The molecule has 11 nitrogen and oxygen atoms in total. The van der Waals surface area contributed by atoms with Crippen molar-refractivity contribution in [3.63, 3.8) is 0 Å². The lowest BCUT2D eigenvalue weighted by molar-refractivity contribution is -0.146. The standard InChI is InChI=1S/C37H44N4O7/c1-4-39(5-2)26-16-18-27(19-17-26)40-21-11-20-37-32(35(45)41(24(3)22-42)33(37)36(40)46)31-29(48-37)14-9-10-15-30(43)47-23-28(38-34(31)44)25-12-7-6-8-13-25/h6-9,11-14,16-20,24,28-29,31-33,42H,4-5,10,15,21-23H2,1-3H3,(H,38,44)/b14-9-/t24-,28+,29-,31+,32+,33-,37+/m1/s1. The number of esters is 1. The van der Waals surface area contributed by atoms with Gasteiger partial charge in [0.25, 0.3) is 5.91 Å². The SMILES string of the molecule is CCN(CC)c1ccc(N2CC=C[C@]34O[C@@H]5/C=C\CCC(=O)OC[C@@H](c6ccccc6)NC(=O)[C@@H]5[C@H]3C(=O)N([C@H](C)CO)[C@@H]4C2=O)cc1. The molecule has 4 aliphatic heterocycles. The Bertz CT molecular complexity index is 1570. The van der Waals surface area contributed by atoms with Gasteiger partial charge in [0.05, 0.1) is 36.6 Å². The summed E-state index contributed by atoms with van der Waals surface area (Å²) in [6.45, 7) is 7.35. The minimum atomic E-state index is -1.47. The van der Waals surface area contributed by atoms with E-state index in [1.807, 2.05) is 60.7 Å². The van der Waals surface area contributed by atoms with Crippen LogP contribution in [0.15, 0.2) is 78.9 Å². The van der Waals surface area contributed by atoms with E-state index in [2.05, 4.69) is 24.1 Å². The van der Waals surface area contributed by atoms with Crippen molar-refractivity contribution in [3.05, 3.63) is 84.5 Å². The maximum atomic E-state index is 14.7. The quantitative estimate of drug-likeness (QED) is 0.344. The van der Waals surface area contributed by atoms with E-state index < -0.39 is 53.5 Å². The Labute approximate surface area is 281 Å². The second-order valence-corrected chi connectivity index (χ2v) is 12.8. The number of likely N-dealkylation sites (tertiary alicyclic amines) is 1. The van der Waals surface area contributed by atoms with Crippen LogP contribution in [0.1, 0.15) is 45.2 Å². The Balaban J connectivity index is 1.40. The molecule has 6 rings (SSSR count). The summed E-state index contributed by atoms with van der Waals surface area (Å²) in [6.07, 6.45) is 6.75. The van der Waals surface area contributed by atoms with Gasteiger partial charge in [0, 0.05) is 37.4 Å². The molecule has 2 aromatic rings. The monoisotopic (exact) mass is 656 g/mol. The first-order valence-corrected chi connectivity index (χ1v) is 16.9. The fourth-order valence-electron chi connectivity index (χ4n) is 7.60. The Hall–Kier alpha value is -4.48. The van der Waals surface area contributed by atoms with E-state index in [0.717, 1.165) is 24.3 Å². The number of hydrogen-bond donors (Lipinski definition) is 2. The molecule has 254 valence electrons. The average Bonchev–Trinajstić information content (AvgIpc) is 3.50. The number of carbonyl (C=O) groups is 4. The highest BCUT2D eigenvalue weighted by molar-refractivity contribution is 6.06. The number of hydrogen-bond acceptors (Lipinski definition) is 8. The second kappa shape index (κ2) is 13.9. The number of carbonyl (C=O) groups excluding carboxylic acids is 4. The summed E-state index contributed by atoms with van der Waals surface area (Å²) in [5, 5.41) is 13.3. The average molecular weight is 657 g/mol. The van der Waals surface area contributed by atoms with Crippen molar-refractivity contribution in [2.24, 2.45) is 11.8 Å². The summed E-state index contributed by atoms with van der Waals surface area (Å²) in [5.74, 6) is -3.65. The van der Waals surface area contributed by atoms with Crippen LogP contribution in [-0.2, 0) is 28.7 Å². The predicted molar refractivity (Wildman–Crippen MR) is 180 cm³/mol. The predicted octanol–water partition coefficient (Wildman–Crippen LogP) is 3.15. The van der Waals surface area contributed by atoms with Gasteiger partial charge in [0.1, 0.15) is 18.2 Å². The number of rotatable bonds is 7. The lowest BCUT2D eigenvalue weighted by Crippen LogP contribution is -2.57. The third kappa shape index (κ3) is 5.90. The molecule has 4 aliphatic rings. The number of anilines is 2. The largest absolute Gasteiger partial charge is 0.463 e. The molecule has 0 saturated carbocycles. The van der Waals surface area contributed by atoms with Gasteiger partial charge in [-0.25, -0.2) is 0 Å². The molecule has 0 aliphatic carbocycles. The van der Waals surface area contributed by atoms with Crippen LogP contribution < -0.4 is 15.1 Å². The Morgan fingerprint density at radius 2 is 1.73 bits per heavy atom. The summed E-state index contributed by atoms with van der Waals surface area (Å²) < 4.78 is 12.3. The fraction of sp³-hybridized carbons (Fsp3) is 0.459. The third-order valence-corrected chi connectivity index (χ3v) is 10.0. The number of aliphatic hydroxyl groups excluding tert-OH is 1. The number of cyclic esters (lactones) is 1. The van der Waals surface area contributed by atoms with Crippen molar-refractivity contribution < 1.29 is 33.8 Å². The van der Waals surface area contributed by atoms with E-state index in [0.29, 0.717) is 12.1 Å². The first kappa shape index (κ1) is 33.4. The van der Waals surface area contributed by atoms with Gasteiger partial charge >= 0.3 is 5.97 Å². The first-order valence-electron chi connectivity index (χ1n) is 16.9. The first-order chi connectivity index (χ1) is 23.2. The normalized spacial score (nSPS) is 30.2. The highest BCUT2D eigenvalue weighted by Crippen LogP contribution is 2.53. The summed E-state index contributed by atoms with van der Waals surface area (Å²) in [5.41, 5.74) is 0.980. The number of amides is 3. The molecular formula is C37H44N4O7. The molecule has 11 heteroatoms. The van der Waals surface area contributed by atoms with E-state index in [-0.39, 0.29) is 38.1 Å². The number of allylic oxidation sites excluding steroid dienone is 1. The smallest absolute Gasteiger partial charge is 0.306 e. The van der Waals surface area contributed by atoms with E-state index in [4.69, 9.17) is 9.47 Å². The summed E-state index contributed by atoms with van der Waals surface area (Å²) >= 11 is 0. The van der Waals surface area contributed by atoms with Crippen LogP contribution in [0.2, 0.25) is 0 Å². The van der Waals surface area contributed by atoms with Gasteiger partial charge in [-0.2, -0.15) is 0 Å². The van der Waals surface area contributed by atoms with Crippen molar-refractivity contribution in [3.8, 4) is 0 Å². The van der Waals surface area contributed by atoms with Gasteiger partial charge in [-0.3, -0.25) is 19.2 Å². The Morgan fingerprint density at radius 3 is 2.42 bits per heavy atom. The zero-order valence-corrected chi connectivity index (χ0v) is 27.7. The van der Waals surface area contributed by atoms with Crippen molar-refractivity contribution in [2.75, 3.05) is 42.6 Å². The molecule has 0 bridgehead atoms. The zero-order chi connectivity index (χ0) is 34.0. The molecule has 2 saturated heterocycles. The van der Waals surface area contributed by atoms with Crippen LogP contribution in [0.3, 0.4) is 0 Å². The molecule has 1 spiro atoms. The molecule has 2 fully saturated rings. The van der Waals surface area contributed by atoms with Crippen molar-refractivity contribution >= 4 is 35.1 Å². The van der Waals surface area contributed by atoms with Crippen LogP contribution in [0.4, 0.5) is 11.4 Å². The molecule has 7 atom stereocenters. The zero-order valence-electron chi connectivity index (χ0n) is 27.7. The number of ether oxygens (including phenoxy) is 2. The molecule has 2 N–H and O–H groups in total. The minimum Gasteiger partial charge on any atom is -0.463 e. The number of fused-ring (bicyclic) bond motifs is 2. The number of benzene rings is 2. The van der Waals surface area contributed by atoms with Crippen molar-refractivity contribution in [1.82, 2.24) is 10.2 Å². The summed E-state index contributed by atoms with van der Waals surface area (Å²) in [4.78, 5) is 61.4. The fourth-order valence-corrected chi connectivity index (χ4v) is 7.60. The number of nitrogens with one attached hydrogen (secondary N) is 1. The van der Waals surface area contributed by atoms with Crippen LogP contribution >= 0.6 is 0 Å². The van der Waals surface area contributed by atoms with E-state index in [9.17, 15) is 24.3 Å². The Morgan fingerprint density at radius 1 is 1.00 bits per heavy atom. The minimum absolute atomic E-state index is 0.0724. The molecule has 2 aromatic carbocycles. The molecular weight excluding hydrogens is 612 g/mol. The van der Waals surface area contributed by atoms with Gasteiger partial charge in [-0.05, 0) is 57.0 Å². The number of aliphatic hydroxyl groups is 1. The molecule has 0 unspecified atom stereocenters. The molecule has 0 radical (unpaired) electrons. The number of nitrogens with zero attached hydrogens (tertiary/aromatic N) is 3. The van der Waals surface area contributed by atoms with Crippen LogP contribution in [0.25, 0.3) is 0 Å². The van der Waals surface area contributed by atoms with Gasteiger partial charge in [-0.1, -0.05) is 54.6 Å². The van der Waals surface area contributed by atoms with Gasteiger partial charge < -0.3 is 34.6 Å². The maximum absolute atomic E-state index is 14.7. The summed E-state index contributed by atoms with van der Waals surface area (Å²) in [7, 11) is 0. The van der Waals surface area contributed by atoms with Crippen molar-refractivity contribution in [1.29, 1.82) is 0 Å². The highest BCUT2D eigenvalue weighted by Gasteiger charge is 2.72. The van der Waals surface area contributed by atoms with Crippen molar-refractivity contribution in [2.45, 2.75) is 63.4 Å². The van der Waals surface area contributed by atoms with Gasteiger partial charge in [-0.15, -0.1) is 0 Å². The maximum Gasteiger partial charge on any atom is 0.306 e. The van der Waals surface area contributed by atoms with Crippen LogP contribution in [-0.4, -0.2) is 90.3 Å². The highest BCUT2D eigenvalue weighted by atomic mass is 16.5. The lowest BCUT2D eigenvalue weighted by Gasteiger charge is -2.37.